The van der Waals surface area contributed by atoms with E-state index in [1.54, 1.807) is 12.1 Å². The van der Waals surface area contributed by atoms with Gasteiger partial charge in [0.2, 0.25) is 5.91 Å². The molecule has 0 bridgehead atoms. The van der Waals surface area contributed by atoms with Gasteiger partial charge in [-0.1, -0.05) is 63.2 Å². The number of nitrogens with one attached hydrogen (secondary N) is 3. The van der Waals surface area contributed by atoms with Crippen LogP contribution < -0.4 is 16.0 Å². The Bertz CT molecular complexity index is 1170. The first-order chi connectivity index (χ1) is 16.6. The fraction of sp³-hybridized carbons (Fsp3) is 0.276. The molecule has 0 saturated carbocycles. The number of amides is 3. The van der Waals surface area contributed by atoms with Crippen molar-refractivity contribution in [1.29, 1.82) is 0 Å². The average molecular weight is 472 g/mol. The summed E-state index contributed by atoms with van der Waals surface area (Å²) in [6.07, 6.45) is 0.167. The highest BCUT2D eigenvalue weighted by atomic mass is 16.2. The van der Waals surface area contributed by atoms with Crippen molar-refractivity contribution < 1.29 is 14.4 Å². The smallest absolute Gasteiger partial charge is 0.255 e. The van der Waals surface area contributed by atoms with Crippen molar-refractivity contribution >= 4 is 23.4 Å². The van der Waals surface area contributed by atoms with Gasteiger partial charge in [-0.2, -0.15) is 0 Å². The van der Waals surface area contributed by atoms with Gasteiger partial charge in [-0.05, 0) is 59.9 Å². The quantitative estimate of drug-likeness (QED) is 0.420. The van der Waals surface area contributed by atoms with Crippen LogP contribution >= 0.6 is 0 Å². The Kier molecular flexibility index (Phi) is 8.42. The number of carbonyl (C=O) groups is 3. The van der Waals surface area contributed by atoms with E-state index in [1.165, 1.54) is 0 Å². The van der Waals surface area contributed by atoms with Gasteiger partial charge in [0, 0.05) is 29.8 Å². The first-order valence-corrected chi connectivity index (χ1v) is 11.8. The van der Waals surface area contributed by atoms with Crippen LogP contribution in [0, 0.1) is 0 Å². The molecule has 1 unspecified atom stereocenters. The Labute approximate surface area is 207 Å². The molecule has 6 nitrogen and oxygen atoms in total. The molecule has 1 atom stereocenters. The summed E-state index contributed by atoms with van der Waals surface area (Å²) >= 11 is 0. The number of anilines is 1. The Hall–Kier alpha value is -3.93. The molecule has 3 amide bonds. The highest BCUT2D eigenvalue weighted by molar-refractivity contribution is 6.04. The number of hydrogen-bond donors (Lipinski definition) is 3. The second-order valence-electron chi connectivity index (χ2n) is 9.57. The molecule has 0 fully saturated rings. The van der Waals surface area contributed by atoms with Crippen LogP contribution in [0.3, 0.4) is 0 Å². The van der Waals surface area contributed by atoms with E-state index >= 15 is 0 Å². The molecule has 0 aliphatic heterocycles. The molecule has 0 saturated heterocycles. The lowest BCUT2D eigenvalue weighted by atomic mass is 9.87. The van der Waals surface area contributed by atoms with Crippen molar-refractivity contribution in [3.8, 4) is 0 Å². The largest absolute Gasteiger partial charge is 0.352 e. The maximum Gasteiger partial charge on any atom is 0.255 e. The van der Waals surface area contributed by atoms with Crippen LogP contribution in [-0.2, 0) is 10.2 Å². The maximum absolute atomic E-state index is 12.4. The Morgan fingerprint density at radius 3 is 2.11 bits per heavy atom. The second kappa shape index (κ2) is 11.5. The van der Waals surface area contributed by atoms with Crippen molar-refractivity contribution in [1.82, 2.24) is 10.6 Å². The van der Waals surface area contributed by atoms with Crippen LogP contribution in [0.5, 0.6) is 0 Å². The average Bonchev–Trinajstić information content (AvgIpc) is 2.84. The zero-order valence-electron chi connectivity index (χ0n) is 20.7. The van der Waals surface area contributed by atoms with E-state index < -0.39 is 0 Å². The molecule has 3 aromatic carbocycles. The third-order valence-corrected chi connectivity index (χ3v) is 5.71. The standard InChI is InChI=1S/C29H33N3O3/c1-20(23-11-8-12-25(19-23)32-28(35)21-9-6-5-7-10-21)31-26(33)17-18-30-27(34)22-13-15-24(16-14-22)29(2,3)4/h5-16,19-20H,17-18H2,1-4H3,(H,30,34)(H,31,33)(H,32,35). The summed E-state index contributed by atoms with van der Waals surface area (Å²) < 4.78 is 0. The molecule has 3 aromatic rings. The highest BCUT2D eigenvalue weighted by Crippen LogP contribution is 2.22. The van der Waals surface area contributed by atoms with Crippen LogP contribution in [0.25, 0.3) is 0 Å². The van der Waals surface area contributed by atoms with Gasteiger partial charge in [0.1, 0.15) is 0 Å². The molecular formula is C29H33N3O3. The third kappa shape index (κ3) is 7.54. The van der Waals surface area contributed by atoms with Crippen LogP contribution in [0.1, 0.15) is 72.0 Å². The van der Waals surface area contributed by atoms with Crippen LogP contribution in [-0.4, -0.2) is 24.3 Å². The monoisotopic (exact) mass is 471 g/mol. The predicted molar refractivity (Wildman–Crippen MR) is 139 cm³/mol. The molecule has 0 heterocycles. The molecule has 0 aromatic heterocycles. The van der Waals surface area contributed by atoms with Crippen molar-refractivity contribution in [3.63, 3.8) is 0 Å². The Morgan fingerprint density at radius 1 is 0.800 bits per heavy atom. The number of carbonyl (C=O) groups excluding carboxylic acids is 3. The topological polar surface area (TPSA) is 87.3 Å². The maximum atomic E-state index is 12.4. The summed E-state index contributed by atoms with van der Waals surface area (Å²) in [6.45, 7) is 8.49. The summed E-state index contributed by atoms with van der Waals surface area (Å²) in [7, 11) is 0. The molecule has 0 spiro atoms. The van der Waals surface area contributed by atoms with E-state index in [2.05, 4.69) is 36.7 Å². The highest BCUT2D eigenvalue weighted by Gasteiger charge is 2.15. The van der Waals surface area contributed by atoms with Gasteiger partial charge in [-0.15, -0.1) is 0 Å². The van der Waals surface area contributed by atoms with Crippen molar-refractivity contribution in [2.75, 3.05) is 11.9 Å². The molecule has 3 N–H and O–H groups in total. The zero-order valence-corrected chi connectivity index (χ0v) is 20.7. The number of hydrogen-bond acceptors (Lipinski definition) is 3. The normalized spacial score (nSPS) is 11.9. The minimum absolute atomic E-state index is 0.0246. The van der Waals surface area contributed by atoms with Crippen molar-refractivity contribution in [3.05, 3.63) is 101 Å². The van der Waals surface area contributed by atoms with E-state index in [4.69, 9.17) is 0 Å². The van der Waals surface area contributed by atoms with Gasteiger partial charge in [0.15, 0.2) is 0 Å². The van der Waals surface area contributed by atoms with Gasteiger partial charge in [-0.3, -0.25) is 14.4 Å². The molecular weight excluding hydrogens is 438 g/mol. The van der Waals surface area contributed by atoms with E-state index in [-0.39, 0.29) is 42.1 Å². The zero-order chi connectivity index (χ0) is 25.4. The minimum atomic E-state index is -0.253. The van der Waals surface area contributed by atoms with Gasteiger partial charge in [0.25, 0.3) is 11.8 Å². The minimum Gasteiger partial charge on any atom is -0.352 e. The molecule has 182 valence electrons. The molecule has 3 rings (SSSR count). The van der Waals surface area contributed by atoms with Crippen molar-refractivity contribution in [2.24, 2.45) is 0 Å². The Balaban J connectivity index is 1.47. The summed E-state index contributed by atoms with van der Waals surface area (Å²) in [5.41, 5.74) is 3.85. The lowest BCUT2D eigenvalue weighted by Gasteiger charge is -2.19. The van der Waals surface area contributed by atoms with Gasteiger partial charge in [-0.25, -0.2) is 0 Å². The lowest BCUT2D eigenvalue weighted by Crippen LogP contribution is -2.32. The number of benzene rings is 3. The van der Waals surface area contributed by atoms with Gasteiger partial charge < -0.3 is 16.0 Å². The van der Waals surface area contributed by atoms with E-state index in [9.17, 15) is 14.4 Å². The Morgan fingerprint density at radius 2 is 1.46 bits per heavy atom. The van der Waals surface area contributed by atoms with Crippen LogP contribution in [0.2, 0.25) is 0 Å². The SMILES string of the molecule is CC(NC(=O)CCNC(=O)c1ccc(C(C)(C)C)cc1)c1cccc(NC(=O)c2ccccc2)c1. The van der Waals surface area contributed by atoms with Gasteiger partial charge in [0.05, 0.1) is 6.04 Å². The van der Waals surface area contributed by atoms with Crippen LogP contribution in [0.4, 0.5) is 5.69 Å². The fourth-order valence-corrected chi connectivity index (χ4v) is 3.59. The summed E-state index contributed by atoms with van der Waals surface area (Å²) in [6, 6.07) is 23.6. The fourth-order valence-electron chi connectivity index (χ4n) is 3.59. The lowest BCUT2D eigenvalue weighted by molar-refractivity contribution is -0.121. The molecule has 35 heavy (non-hydrogen) atoms. The van der Waals surface area contributed by atoms with Gasteiger partial charge >= 0.3 is 0 Å². The predicted octanol–water partition coefficient (Wildman–Crippen LogP) is 5.23. The first kappa shape index (κ1) is 25.7. The molecule has 0 aliphatic rings. The van der Waals surface area contributed by atoms with E-state index in [0.29, 0.717) is 16.8 Å². The summed E-state index contributed by atoms with van der Waals surface area (Å²) in [5.74, 6) is -0.559. The molecule has 0 radical (unpaired) electrons. The summed E-state index contributed by atoms with van der Waals surface area (Å²) in [4.78, 5) is 37.2. The number of rotatable bonds is 8. The molecule has 0 aliphatic carbocycles. The third-order valence-electron chi connectivity index (χ3n) is 5.71. The van der Waals surface area contributed by atoms with Crippen molar-refractivity contribution in [2.45, 2.75) is 45.6 Å². The van der Waals surface area contributed by atoms with E-state index in [0.717, 1.165) is 11.1 Å². The first-order valence-electron chi connectivity index (χ1n) is 11.8. The second-order valence-corrected chi connectivity index (χ2v) is 9.57. The molecule has 6 heteroatoms. The van der Waals surface area contributed by atoms with Crippen LogP contribution in [0.15, 0.2) is 78.9 Å². The summed E-state index contributed by atoms with van der Waals surface area (Å²) in [5, 5.41) is 8.62. The van der Waals surface area contributed by atoms with E-state index in [1.807, 2.05) is 73.7 Å².